The van der Waals surface area contributed by atoms with E-state index in [4.69, 9.17) is 9.47 Å². The lowest BCUT2D eigenvalue weighted by Crippen LogP contribution is -2.58. The van der Waals surface area contributed by atoms with Gasteiger partial charge in [-0.15, -0.1) is 0 Å². The van der Waals surface area contributed by atoms with Crippen molar-refractivity contribution in [2.45, 2.75) is 19.0 Å². The molecule has 1 aliphatic rings. The van der Waals surface area contributed by atoms with Gasteiger partial charge >= 0.3 is 0 Å². The second-order valence-corrected chi connectivity index (χ2v) is 4.79. The van der Waals surface area contributed by atoms with Crippen LogP contribution in [-0.2, 0) is 0 Å². The molecule has 1 fully saturated rings. The third-order valence-electron chi connectivity index (χ3n) is 3.56. The highest BCUT2D eigenvalue weighted by atomic mass is 16.5. The van der Waals surface area contributed by atoms with Gasteiger partial charge in [-0.2, -0.15) is 0 Å². The van der Waals surface area contributed by atoms with E-state index in [9.17, 15) is 5.11 Å². The molecule has 2 atom stereocenters. The fourth-order valence-electron chi connectivity index (χ4n) is 2.62. The molecule has 2 unspecified atom stereocenters. The Balaban J connectivity index is 2.33. The minimum absolute atomic E-state index is 0.0850. The Bertz CT molecular complexity index is 425. The third-order valence-corrected chi connectivity index (χ3v) is 3.56. The summed E-state index contributed by atoms with van der Waals surface area (Å²) < 4.78 is 10.6. The van der Waals surface area contributed by atoms with Gasteiger partial charge in [-0.25, -0.2) is 0 Å². The zero-order valence-corrected chi connectivity index (χ0v) is 11.7. The number of nitrogens with one attached hydrogen (secondary N) is 1. The molecule has 1 saturated heterocycles. The quantitative estimate of drug-likeness (QED) is 0.846. The van der Waals surface area contributed by atoms with Crippen molar-refractivity contribution in [3.8, 4) is 11.5 Å². The van der Waals surface area contributed by atoms with E-state index in [1.807, 2.05) is 18.2 Å². The van der Waals surface area contributed by atoms with Gasteiger partial charge in [0.05, 0.1) is 26.9 Å². The maximum absolute atomic E-state index is 9.53. The summed E-state index contributed by atoms with van der Waals surface area (Å²) >= 11 is 0. The molecule has 19 heavy (non-hydrogen) atoms. The topological polar surface area (TPSA) is 54.0 Å². The van der Waals surface area contributed by atoms with Crippen molar-refractivity contribution in [2.75, 3.05) is 38.8 Å². The predicted molar refractivity (Wildman–Crippen MR) is 75.2 cm³/mol. The van der Waals surface area contributed by atoms with Gasteiger partial charge in [-0.1, -0.05) is 0 Å². The molecule has 106 valence electrons. The largest absolute Gasteiger partial charge is 0.493 e. The van der Waals surface area contributed by atoms with Crippen LogP contribution in [0.2, 0.25) is 0 Å². The summed E-state index contributed by atoms with van der Waals surface area (Å²) in [6.45, 7) is 3.97. The molecule has 0 aliphatic carbocycles. The molecule has 0 aromatic heterocycles. The number of hydrogen-bond donors (Lipinski definition) is 2. The second-order valence-electron chi connectivity index (χ2n) is 4.79. The van der Waals surface area contributed by atoms with Crippen LogP contribution in [0.1, 0.15) is 6.92 Å². The van der Waals surface area contributed by atoms with Gasteiger partial charge in [0.2, 0.25) is 0 Å². The molecule has 1 heterocycles. The first-order valence-corrected chi connectivity index (χ1v) is 6.53. The average molecular weight is 266 g/mol. The van der Waals surface area contributed by atoms with E-state index in [-0.39, 0.29) is 12.6 Å². The number of benzene rings is 1. The monoisotopic (exact) mass is 266 g/mol. The summed E-state index contributed by atoms with van der Waals surface area (Å²) in [5.41, 5.74) is 1.05. The van der Waals surface area contributed by atoms with Crippen molar-refractivity contribution in [3.05, 3.63) is 18.2 Å². The number of anilines is 1. The van der Waals surface area contributed by atoms with Crippen LogP contribution in [0.3, 0.4) is 0 Å². The first kappa shape index (κ1) is 14.0. The van der Waals surface area contributed by atoms with Crippen LogP contribution in [0.25, 0.3) is 0 Å². The summed E-state index contributed by atoms with van der Waals surface area (Å²) in [7, 11) is 3.26. The second kappa shape index (κ2) is 6.12. The average Bonchev–Trinajstić information content (AvgIpc) is 2.46. The van der Waals surface area contributed by atoms with Crippen molar-refractivity contribution in [2.24, 2.45) is 0 Å². The van der Waals surface area contributed by atoms with Gasteiger partial charge in [-0.3, -0.25) is 0 Å². The molecule has 0 bridgehead atoms. The smallest absolute Gasteiger partial charge is 0.162 e. The Labute approximate surface area is 114 Å². The molecule has 5 heteroatoms. The number of piperazine rings is 1. The van der Waals surface area contributed by atoms with Crippen molar-refractivity contribution < 1.29 is 14.6 Å². The van der Waals surface area contributed by atoms with Crippen LogP contribution in [0.15, 0.2) is 18.2 Å². The van der Waals surface area contributed by atoms with Gasteiger partial charge < -0.3 is 24.8 Å². The Morgan fingerprint density at radius 2 is 2.00 bits per heavy atom. The van der Waals surface area contributed by atoms with E-state index in [1.54, 1.807) is 14.2 Å². The van der Waals surface area contributed by atoms with E-state index in [0.29, 0.717) is 11.8 Å². The van der Waals surface area contributed by atoms with E-state index in [2.05, 4.69) is 17.1 Å². The molecule has 0 spiro atoms. The number of ether oxygens (including phenoxy) is 2. The first-order valence-electron chi connectivity index (χ1n) is 6.53. The highest BCUT2D eigenvalue weighted by Gasteiger charge is 2.27. The number of aliphatic hydroxyl groups excluding tert-OH is 1. The predicted octanol–water partition coefficient (Wildman–Crippen LogP) is 0.863. The zero-order chi connectivity index (χ0) is 13.8. The van der Waals surface area contributed by atoms with Crippen LogP contribution in [-0.4, -0.2) is 51.1 Å². The Morgan fingerprint density at radius 1 is 1.26 bits per heavy atom. The molecule has 2 N–H and O–H groups in total. The van der Waals surface area contributed by atoms with Crippen molar-refractivity contribution in [1.29, 1.82) is 0 Å². The standard InChI is InChI=1S/C14H22N2O3/c1-10-7-15-8-12(9-17)16(10)11-4-5-13(18-2)14(6-11)19-3/h4-6,10,12,15,17H,7-9H2,1-3H3. The summed E-state index contributed by atoms with van der Waals surface area (Å²) in [4.78, 5) is 2.23. The molecule has 1 aromatic carbocycles. The lowest BCUT2D eigenvalue weighted by atomic mass is 10.1. The Hall–Kier alpha value is -1.46. The van der Waals surface area contributed by atoms with Crippen molar-refractivity contribution >= 4 is 5.69 Å². The number of methoxy groups -OCH3 is 2. The SMILES string of the molecule is COc1ccc(N2C(C)CNCC2CO)cc1OC. The van der Waals surface area contributed by atoms with E-state index in [0.717, 1.165) is 24.5 Å². The van der Waals surface area contributed by atoms with Crippen LogP contribution in [0.5, 0.6) is 11.5 Å². The normalized spacial score (nSPS) is 23.3. The molecule has 0 amide bonds. The van der Waals surface area contributed by atoms with Gasteiger partial charge in [0.15, 0.2) is 11.5 Å². The van der Waals surface area contributed by atoms with Gasteiger partial charge in [0.25, 0.3) is 0 Å². The third kappa shape index (κ3) is 2.77. The van der Waals surface area contributed by atoms with Crippen LogP contribution in [0, 0.1) is 0 Å². The summed E-state index contributed by atoms with van der Waals surface area (Å²) in [6.07, 6.45) is 0. The molecule has 0 saturated carbocycles. The number of hydrogen-bond acceptors (Lipinski definition) is 5. The number of rotatable bonds is 4. The van der Waals surface area contributed by atoms with Crippen LogP contribution in [0.4, 0.5) is 5.69 Å². The molecular formula is C14H22N2O3. The minimum atomic E-state index is 0.0850. The summed E-state index contributed by atoms with van der Waals surface area (Å²) in [6, 6.07) is 6.28. The maximum atomic E-state index is 9.53. The fourth-order valence-corrected chi connectivity index (χ4v) is 2.62. The molecule has 5 nitrogen and oxygen atoms in total. The molecule has 2 rings (SSSR count). The van der Waals surface area contributed by atoms with Crippen LogP contribution < -0.4 is 19.7 Å². The lowest BCUT2D eigenvalue weighted by molar-refractivity contribution is 0.235. The Kier molecular flexibility index (Phi) is 4.50. The van der Waals surface area contributed by atoms with Crippen LogP contribution >= 0.6 is 0 Å². The van der Waals surface area contributed by atoms with E-state index in [1.165, 1.54) is 0 Å². The van der Waals surface area contributed by atoms with Crippen molar-refractivity contribution in [1.82, 2.24) is 5.32 Å². The van der Waals surface area contributed by atoms with Gasteiger partial charge in [-0.05, 0) is 19.1 Å². The minimum Gasteiger partial charge on any atom is -0.493 e. The van der Waals surface area contributed by atoms with Gasteiger partial charge in [0, 0.05) is 30.9 Å². The summed E-state index contributed by atoms with van der Waals surface area (Å²) in [5, 5.41) is 12.9. The molecule has 1 aromatic rings. The molecule has 1 aliphatic heterocycles. The summed E-state index contributed by atoms with van der Waals surface area (Å²) in [5.74, 6) is 1.43. The van der Waals surface area contributed by atoms with Crippen molar-refractivity contribution in [3.63, 3.8) is 0 Å². The van der Waals surface area contributed by atoms with E-state index >= 15 is 0 Å². The first-order chi connectivity index (χ1) is 9.21. The molecular weight excluding hydrogens is 244 g/mol. The lowest BCUT2D eigenvalue weighted by Gasteiger charge is -2.42. The number of nitrogens with zero attached hydrogens (tertiary/aromatic N) is 1. The maximum Gasteiger partial charge on any atom is 0.162 e. The zero-order valence-electron chi connectivity index (χ0n) is 11.7. The highest BCUT2D eigenvalue weighted by Crippen LogP contribution is 2.33. The van der Waals surface area contributed by atoms with Gasteiger partial charge in [0.1, 0.15) is 0 Å². The molecule has 0 radical (unpaired) electrons. The fraction of sp³-hybridized carbons (Fsp3) is 0.571. The highest BCUT2D eigenvalue weighted by molar-refractivity contribution is 5.58. The van der Waals surface area contributed by atoms with E-state index < -0.39 is 0 Å². The number of aliphatic hydroxyl groups is 1. The Morgan fingerprint density at radius 3 is 2.63 bits per heavy atom.